The summed E-state index contributed by atoms with van der Waals surface area (Å²) in [6.45, 7) is 0.381. The first-order valence-corrected chi connectivity index (χ1v) is 9.53. The maximum atomic E-state index is 11.5. The van der Waals surface area contributed by atoms with Gasteiger partial charge in [-0.05, 0) is 29.8 Å². The van der Waals surface area contributed by atoms with Gasteiger partial charge in [0, 0.05) is 11.6 Å². The molecular formula is C21H23N7O4. The second-order valence-corrected chi connectivity index (χ2v) is 6.59. The molecule has 1 unspecified atom stereocenters. The number of anilines is 2. The van der Waals surface area contributed by atoms with E-state index < -0.39 is 11.1 Å². The lowest BCUT2D eigenvalue weighted by Crippen LogP contribution is -2.99. The van der Waals surface area contributed by atoms with E-state index >= 15 is 0 Å². The van der Waals surface area contributed by atoms with Crippen molar-refractivity contribution < 1.29 is 20.0 Å². The Balaban J connectivity index is 1.65. The van der Waals surface area contributed by atoms with Crippen LogP contribution in [0.2, 0.25) is 0 Å². The number of aromatic nitrogens is 1. The minimum Gasteiger partial charge on any atom is -0.595 e. The molecule has 11 heteroatoms. The number of carbonyl (C=O) groups excluding carboxylic acids is 1. The summed E-state index contributed by atoms with van der Waals surface area (Å²) in [4.78, 5) is 19.7. The average molecular weight is 437 g/mol. The summed E-state index contributed by atoms with van der Waals surface area (Å²) in [5.74, 6) is 0.357. The predicted molar refractivity (Wildman–Crippen MR) is 119 cm³/mol. The van der Waals surface area contributed by atoms with E-state index in [9.17, 15) is 10.0 Å². The van der Waals surface area contributed by atoms with Gasteiger partial charge >= 0.3 is 0 Å². The van der Waals surface area contributed by atoms with Gasteiger partial charge in [-0.2, -0.15) is 5.23 Å². The summed E-state index contributed by atoms with van der Waals surface area (Å²) in [7, 11) is 0. The smallest absolute Gasteiger partial charge is 0.248 e. The molecule has 32 heavy (non-hydrogen) atoms. The molecule has 0 aliphatic carbocycles. The highest BCUT2D eigenvalue weighted by Gasteiger charge is 2.10. The minimum absolute atomic E-state index is 0.0858. The van der Waals surface area contributed by atoms with E-state index in [1.54, 1.807) is 12.1 Å². The van der Waals surface area contributed by atoms with E-state index in [1.165, 1.54) is 24.4 Å². The molecule has 2 aromatic carbocycles. The molecule has 166 valence electrons. The molecule has 3 aromatic rings. The number of pyridine rings is 1. The van der Waals surface area contributed by atoms with Crippen molar-refractivity contribution in [2.75, 3.05) is 17.3 Å². The number of amides is 1. The number of nitrogens with zero attached hydrogens (tertiary/aromatic N) is 2. The zero-order valence-electron chi connectivity index (χ0n) is 17.0. The van der Waals surface area contributed by atoms with E-state index in [0.29, 0.717) is 22.8 Å². The molecular weight excluding hydrogens is 414 g/mol. The highest BCUT2D eigenvalue weighted by Crippen LogP contribution is 2.26. The van der Waals surface area contributed by atoms with Crippen LogP contribution >= 0.6 is 0 Å². The Morgan fingerprint density at radius 2 is 1.94 bits per heavy atom. The number of quaternary nitrogens is 1. The fraction of sp³-hybridized carbons (Fsp3) is 0.0952. The van der Waals surface area contributed by atoms with Crippen LogP contribution in [0.5, 0.6) is 5.75 Å². The van der Waals surface area contributed by atoms with Crippen LogP contribution in [-0.2, 0) is 6.61 Å². The van der Waals surface area contributed by atoms with Crippen LogP contribution < -0.4 is 32.1 Å². The zero-order chi connectivity index (χ0) is 22.9. The van der Waals surface area contributed by atoms with Gasteiger partial charge < -0.3 is 32.0 Å². The van der Waals surface area contributed by atoms with Crippen molar-refractivity contribution in [3.8, 4) is 5.75 Å². The van der Waals surface area contributed by atoms with Crippen LogP contribution in [0.3, 0.4) is 0 Å². The summed E-state index contributed by atoms with van der Waals surface area (Å²) in [5.41, 5.74) is 13.2. The Labute approximate surface area is 183 Å². The Morgan fingerprint density at radius 1 is 1.16 bits per heavy atom. The summed E-state index contributed by atoms with van der Waals surface area (Å²) in [6.07, 6.45) is 1.24. The second kappa shape index (κ2) is 10.7. The van der Waals surface area contributed by atoms with E-state index in [4.69, 9.17) is 21.4 Å². The third kappa shape index (κ3) is 6.40. The van der Waals surface area contributed by atoms with Gasteiger partial charge in [0.05, 0.1) is 11.9 Å². The van der Waals surface area contributed by atoms with Crippen LogP contribution in [0.15, 0.2) is 71.9 Å². The fourth-order valence-corrected chi connectivity index (χ4v) is 2.64. The van der Waals surface area contributed by atoms with Crippen LogP contribution in [-0.4, -0.2) is 28.7 Å². The average Bonchev–Trinajstić information content (AvgIpc) is 2.79. The number of rotatable bonds is 9. The molecule has 0 aliphatic rings. The molecule has 11 nitrogen and oxygen atoms in total. The first kappa shape index (κ1) is 22.5. The maximum absolute atomic E-state index is 11.5. The molecule has 0 saturated heterocycles. The van der Waals surface area contributed by atoms with Crippen molar-refractivity contribution in [3.05, 3.63) is 83.2 Å². The molecule has 0 spiro atoms. The monoisotopic (exact) mass is 437 g/mol. The number of primary amides is 1. The van der Waals surface area contributed by atoms with Crippen molar-refractivity contribution in [1.29, 1.82) is 0 Å². The summed E-state index contributed by atoms with van der Waals surface area (Å²) in [6, 6.07) is 17.2. The molecule has 0 aliphatic heterocycles. The quantitative estimate of drug-likeness (QED) is 0.163. The number of nitrogens with one attached hydrogen (secondary N) is 3. The molecule has 1 atom stereocenters. The van der Waals surface area contributed by atoms with Crippen LogP contribution in [0, 0.1) is 5.21 Å². The number of aliphatic imine (C=N–C) groups is 1. The van der Waals surface area contributed by atoms with Crippen molar-refractivity contribution in [3.63, 3.8) is 0 Å². The molecule has 1 amide bonds. The van der Waals surface area contributed by atoms with E-state index in [2.05, 4.69) is 20.6 Å². The topological polar surface area (TPSA) is 175 Å². The largest absolute Gasteiger partial charge is 0.595 e. The Kier molecular flexibility index (Phi) is 7.54. The van der Waals surface area contributed by atoms with E-state index in [-0.39, 0.29) is 24.9 Å². The lowest BCUT2D eigenvalue weighted by Gasteiger charge is -2.14. The van der Waals surface area contributed by atoms with Gasteiger partial charge in [0.15, 0.2) is 11.6 Å². The van der Waals surface area contributed by atoms with E-state index in [0.717, 1.165) is 5.56 Å². The van der Waals surface area contributed by atoms with Gasteiger partial charge in [-0.3, -0.25) is 4.79 Å². The standard InChI is InChI=1S/C21H23N7O4/c22-20(29)15-6-8-17(18(10-15)32-12-14-4-2-1-3-5-14)27-21(23)26-13-25-19-9-7-16(11-24-19)28(30)31/h1-11,28,30H,12-13H2,(H2,22,29)(H,24,25)(H3,23,26,27). The van der Waals surface area contributed by atoms with Crippen LogP contribution in [0.4, 0.5) is 17.2 Å². The highest BCUT2D eigenvalue weighted by molar-refractivity contribution is 5.97. The lowest BCUT2D eigenvalue weighted by atomic mass is 10.1. The Bertz CT molecular complexity index is 1070. The molecule has 1 aromatic heterocycles. The fourth-order valence-electron chi connectivity index (χ4n) is 2.64. The minimum atomic E-state index is -1.05. The Hall–Kier alpha value is -4.19. The zero-order valence-corrected chi connectivity index (χ0v) is 17.0. The van der Waals surface area contributed by atoms with Crippen LogP contribution in [0.1, 0.15) is 15.9 Å². The molecule has 3 rings (SSSR count). The number of hydrogen-bond acceptors (Lipinski definition) is 7. The lowest BCUT2D eigenvalue weighted by molar-refractivity contribution is -0.991. The summed E-state index contributed by atoms with van der Waals surface area (Å²) >= 11 is 0. The van der Waals surface area contributed by atoms with Gasteiger partial charge in [0.2, 0.25) is 5.91 Å². The van der Waals surface area contributed by atoms with Crippen molar-refractivity contribution in [1.82, 2.24) is 4.98 Å². The summed E-state index contributed by atoms with van der Waals surface area (Å²) in [5, 5.41) is 24.5. The SMILES string of the molecule is NC(=O)c1ccc(NC(N)=NCNc2ccc([NH+]([O-])O)cn2)c(OCc2ccccc2)c1. The van der Waals surface area contributed by atoms with Gasteiger partial charge in [-0.25, -0.2) is 15.2 Å². The first-order valence-electron chi connectivity index (χ1n) is 9.53. The number of ether oxygens (including phenoxy) is 1. The number of nitrogens with two attached hydrogens (primary N) is 2. The van der Waals surface area contributed by atoms with Crippen molar-refractivity contribution >= 4 is 29.1 Å². The van der Waals surface area contributed by atoms with Gasteiger partial charge in [0.25, 0.3) is 0 Å². The van der Waals surface area contributed by atoms with Gasteiger partial charge in [-0.1, -0.05) is 30.3 Å². The number of guanidine groups is 1. The molecule has 0 fully saturated rings. The van der Waals surface area contributed by atoms with E-state index in [1.807, 2.05) is 30.3 Å². The molecule has 8 N–H and O–H groups in total. The maximum Gasteiger partial charge on any atom is 0.248 e. The number of hydrogen-bond donors (Lipinski definition) is 6. The molecule has 0 saturated carbocycles. The van der Waals surface area contributed by atoms with Gasteiger partial charge in [0.1, 0.15) is 24.8 Å². The highest BCUT2D eigenvalue weighted by atomic mass is 16.8. The third-order valence-electron chi connectivity index (χ3n) is 4.29. The molecule has 1 heterocycles. The second-order valence-electron chi connectivity index (χ2n) is 6.59. The van der Waals surface area contributed by atoms with Crippen molar-refractivity contribution in [2.24, 2.45) is 16.5 Å². The van der Waals surface area contributed by atoms with Crippen LogP contribution in [0.25, 0.3) is 0 Å². The van der Waals surface area contributed by atoms with Crippen molar-refractivity contribution in [2.45, 2.75) is 6.61 Å². The molecule has 0 radical (unpaired) electrons. The normalized spacial score (nSPS) is 12.1. The number of benzene rings is 2. The first-order chi connectivity index (χ1) is 15.4. The number of carbonyl (C=O) groups is 1. The predicted octanol–water partition coefficient (Wildman–Crippen LogP) is 0.959. The van der Waals surface area contributed by atoms with Gasteiger partial charge in [-0.15, -0.1) is 0 Å². The Morgan fingerprint density at radius 3 is 2.59 bits per heavy atom. The summed E-state index contributed by atoms with van der Waals surface area (Å²) < 4.78 is 5.86. The molecule has 0 bridgehead atoms. The third-order valence-corrected chi connectivity index (χ3v) is 4.29.